The number of hydrogen-bond acceptors (Lipinski definition) is 3. The molecule has 4 rings (SSSR count). The SMILES string of the molecule is CCCCc1ccc(C#Cc2ccc(CN(Cc3ccc(C(C)(C)C)cc3)c3ccc(O)c(C(=O)O)c3)cc2)cc1.Cl. The quantitative estimate of drug-likeness (QED) is 0.194. The number of hydrogen-bond donors (Lipinski definition) is 2. The number of phenols is 1. The monoisotopic (exact) mass is 581 g/mol. The lowest BCUT2D eigenvalue weighted by molar-refractivity contribution is 0.0693. The number of nitrogens with zero attached hydrogens (tertiary/aromatic N) is 1. The van der Waals surface area contributed by atoms with E-state index in [9.17, 15) is 15.0 Å². The molecule has 218 valence electrons. The molecule has 0 spiro atoms. The maximum absolute atomic E-state index is 11.7. The maximum atomic E-state index is 11.7. The minimum Gasteiger partial charge on any atom is -0.507 e. The van der Waals surface area contributed by atoms with E-state index in [1.54, 1.807) is 6.07 Å². The maximum Gasteiger partial charge on any atom is 0.339 e. The summed E-state index contributed by atoms with van der Waals surface area (Å²) < 4.78 is 0. The standard InChI is InChI=1S/C37H39NO3.ClH/c1-5-6-7-27-8-10-28(11-9-27)12-13-29-14-16-30(17-15-29)25-38(33-22-23-35(39)34(24-33)36(40)41)26-31-18-20-32(21-19-31)37(2,3)4;/h8-11,14-24,39H,5-7,25-26H2,1-4H3,(H,40,41);1H. The van der Waals surface area contributed by atoms with Gasteiger partial charge >= 0.3 is 5.97 Å². The number of aromatic carboxylic acids is 1. The number of unbranched alkanes of at least 4 members (excludes halogenated alkanes) is 1. The van der Waals surface area contributed by atoms with Crippen LogP contribution in [0.2, 0.25) is 0 Å². The van der Waals surface area contributed by atoms with Crippen LogP contribution in [0.25, 0.3) is 0 Å². The van der Waals surface area contributed by atoms with E-state index < -0.39 is 5.97 Å². The van der Waals surface area contributed by atoms with Crippen molar-refractivity contribution in [3.8, 4) is 17.6 Å². The second kappa shape index (κ2) is 14.6. The van der Waals surface area contributed by atoms with Gasteiger partial charge in [0.05, 0.1) is 0 Å². The molecule has 0 saturated carbocycles. The summed E-state index contributed by atoms with van der Waals surface area (Å²) in [6.07, 6.45) is 3.50. The van der Waals surface area contributed by atoms with Gasteiger partial charge in [0.25, 0.3) is 0 Å². The lowest BCUT2D eigenvalue weighted by Gasteiger charge is -2.26. The van der Waals surface area contributed by atoms with E-state index in [1.165, 1.54) is 36.1 Å². The number of aromatic hydroxyl groups is 1. The fraction of sp³-hybridized carbons (Fsp3) is 0.270. The van der Waals surface area contributed by atoms with Gasteiger partial charge < -0.3 is 15.1 Å². The molecule has 0 radical (unpaired) electrons. The number of anilines is 1. The highest BCUT2D eigenvalue weighted by atomic mass is 35.5. The van der Waals surface area contributed by atoms with E-state index in [0.29, 0.717) is 13.1 Å². The molecule has 2 N–H and O–H groups in total. The van der Waals surface area contributed by atoms with Crippen LogP contribution in [0.15, 0.2) is 91.0 Å². The second-order valence-electron chi connectivity index (χ2n) is 11.6. The summed E-state index contributed by atoms with van der Waals surface area (Å²) in [5.41, 5.74) is 7.42. The van der Waals surface area contributed by atoms with Crippen molar-refractivity contribution in [1.82, 2.24) is 0 Å². The lowest BCUT2D eigenvalue weighted by Crippen LogP contribution is -2.22. The zero-order chi connectivity index (χ0) is 29.4. The third-order valence-corrected chi connectivity index (χ3v) is 7.22. The molecule has 0 amide bonds. The first-order valence-corrected chi connectivity index (χ1v) is 14.2. The highest BCUT2D eigenvalue weighted by molar-refractivity contribution is 5.92. The molecule has 5 heteroatoms. The zero-order valence-corrected chi connectivity index (χ0v) is 25.7. The average molecular weight is 582 g/mol. The Hall–Kier alpha value is -4.20. The van der Waals surface area contributed by atoms with Gasteiger partial charge in [-0.3, -0.25) is 0 Å². The first-order valence-electron chi connectivity index (χ1n) is 14.2. The summed E-state index contributed by atoms with van der Waals surface area (Å²) in [7, 11) is 0. The number of rotatable bonds is 9. The molecule has 0 unspecified atom stereocenters. The lowest BCUT2D eigenvalue weighted by atomic mass is 9.87. The smallest absolute Gasteiger partial charge is 0.339 e. The van der Waals surface area contributed by atoms with Crippen LogP contribution in [0.5, 0.6) is 5.75 Å². The van der Waals surface area contributed by atoms with E-state index in [0.717, 1.165) is 34.4 Å². The molecule has 4 aromatic rings. The molecule has 42 heavy (non-hydrogen) atoms. The molecular weight excluding hydrogens is 542 g/mol. The third kappa shape index (κ3) is 8.90. The zero-order valence-electron chi connectivity index (χ0n) is 24.9. The van der Waals surface area contributed by atoms with Crippen LogP contribution in [0.4, 0.5) is 5.69 Å². The van der Waals surface area contributed by atoms with Crippen molar-refractivity contribution < 1.29 is 15.0 Å². The summed E-state index contributed by atoms with van der Waals surface area (Å²) in [6.45, 7) is 9.93. The molecule has 0 saturated heterocycles. The van der Waals surface area contributed by atoms with Crippen LogP contribution in [-0.4, -0.2) is 16.2 Å². The van der Waals surface area contributed by atoms with Gasteiger partial charge in [0.2, 0.25) is 0 Å². The Morgan fingerprint density at radius 2 is 1.26 bits per heavy atom. The molecule has 0 aliphatic rings. The average Bonchev–Trinajstić information content (AvgIpc) is 2.96. The van der Waals surface area contributed by atoms with Crippen molar-refractivity contribution in [1.29, 1.82) is 0 Å². The number of benzene rings is 4. The van der Waals surface area contributed by atoms with Gasteiger partial charge in [-0.2, -0.15) is 0 Å². The number of carboxylic acids is 1. The Balaban J connectivity index is 0.00000484. The number of carboxylic acid groups (broad SMARTS) is 1. The Bertz CT molecular complexity index is 1520. The largest absolute Gasteiger partial charge is 0.507 e. The Labute approximate surface area is 256 Å². The highest BCUT2D eigenvalue weighted by Gasteiger charge is 2.17. The molecule has 0 heterocycles. The summed E-state index contributed by atoms with van der Waals surface area (Å²) >= 11 is 0. The Morgan fingerprint density at radius 1 is 0.762 bits per heavy atom. The van der Waals surface area contributed by atoms with Gasteiger partial charge in [-0.1, -0.05) is 94.5 Å². The Morgan fingerprint density at radius 3 is 1.74 bits per heavy atom. The molecule has 4 aromatic carbocycles. The van der Waals surface area contributed by atoms with E-state index in [1.807, 2.05) is 12.1 Å². The van der Waals surface area contributed by atoms with Gasteiger partial charge in [-0.15, -0.1) is 12.4 Å². The molecular formula is C37H40ClNO3. The van der Waals surface area contributed by atoms with E-state index >= 15 is 0 Å². The van der Waals surface area contributed by atoms with Crippen LogP contribution in [0.1, 0.15) is 84.3 Å². The van der Waals surface area contributed by atoms with Gasteiger partial charge in [-0.25, -0.2) is 4.79 Å². The van der Waals surface area contributed by atoms with Crippen molar-refractivity contribution >= 4 is 24.1 Å². The minimum atomic E-state index is -1.16. The van der Waals surface area contributed by atoms with Crippen molar-refractivity contribution in [2.45, 2.75) is 65.5 Å². The van der Waals surface area contributed by atoms with E-state index in [2.05, 4.69) is 105 Å². The van der Waals surface area contributed by atoms with Gasteiger partial charge in [0, 0.05) is 29.9 Å². The number of carbonyl (C=O) groups is 1. The van der Waals surface area contributed by atoms with Crippen LogP contribution >= 0.6 is 12.4 Å². The number of halogens is 1. The predicted molar refractivity (Wildman–Crippen MR) is 175 cm³/mol. The summed E-state index contributed by atoms with van der Waals surface area (Å²) in [5, 5.41) is 19.7. The van der Waals surface area contributed by atoms with Crippen molar-refractivity contribution in [3.63, 3.8) is 0 Å². The van der Waals surface area contributed by atoms with Crippen LogP contribution < -0.4 is 4.90 Å². The van der Waals surface area contributed by atoms with Gasteiger partial charge in [0.1, 0.15) is 11.3 Å². The first kappa shape index (κ1) is 32.3. The van der Waals surface area contributed by atoms with Crippen molar-refractivity contribution in [2.75, 3.05) is 4.90 Å². The molecule has 0 atom stereocenters. The van der Waals surface area contributed by atoms with Crippen LogP contribution in [0, 0.1) is 11.8 Å². The van der Waals surface area contributed by atoms with Gasteiger partial charge in [-0.05, 0) is 83.0 Å². The van der Waals surface area contributed by atoms with Crippen LogP contribution in [0.3, 0.4) is 0 Å². The van der Waals surface area contributed by atoms with Gasteiger partial charge in [0.15, 0.2) is 0 Å². The molecule has 0 aliphatic carbocycles. The van der Waals surface area contributed by atoms with E-state index in [-0.39, 0.29) is 29.1 Å². The molecule has 0 bridgehead atoms. The molecule has 0 aromatic heterocycles. The normalized spacial score (nSPS) is 10.8. The molecule has 0 aliphatic heterocycles. The summed E-state index contributed by atoms with van der Waals surface area (Å²) in [6, 6.07) is 30.0. The van der Waals surface area contributed by atoms with E-state index in [4.69, 9.17) is 0 Å². The summed E-state index contributed by atoms with van der Waals surface area (Å²) in [4.78, 5) is 13.8. The molecule has 0 fully saturated rings. The fourth-order valence-electron chi connectivity index (χ4n) is 4.65. The van der Waals surface area contributed by atoms with Crippen molar-refractivity contribution in [3.05, 3.63) is 130 Å². The van der Waals surface area contributed by atoms with Crippen molar-refractivity contribution in [2.24, 2.45) is 0 Å². The van der Waals surface area contributed by atoms with Crippen LogP contribution in [-0.2, 0) is 24.9 Å². The predicted octanol–water partition coefficient (Wildman–Crippen LogP) is 8.76. The first-order chi connectivity index (χ1) is 19.6. The Kier molecular flexibility index (Phi) is 11.2. The minimum absolute atomic E-state index is 0. The second-order valence-corrected chi connectivity index (χ2v) is 11.6. The third-order valence-electron chi connectivity index (χ3n) is 7.22. The topological polar surface area (TPSA) is 60.8 Å². The fourth-order valence-corrected chi connectivity index (χ4v) is 4.65. The summed E-state index contributed by atoms with van der Waals surface area (Å²) in [5.74, 6) is 5.13. The highest BCUT2D eigenvalue weighted by Crippen LogP contribution is 2.28. The molecule has 4 nitrogen and oxygen atoms in total. The number of aryl methyl sites for hydroxylation is 1.